The van der Waals surface area contributed by atoms with E-state index in [1.54, 1.807) is 47.6 Å². The summed E-state index contributed by atoms with van der Waals surface area (Å²) >= 11 is 0. The van der Waals surface area contributed by atoms with Gasteiger partial charge >= 0.3 is 18.0 Å². The minimum Gasteiger partial charge on any atom is -0.467 e. The van der Waals surface area contributed by atoms with Gasteiger partial charge in [-0.15, -0.1) is 0 Å². The number of ether oxygens (including phenoxy) is 3. The van der Waals surface area contributed by atoms with Gasteiger partial charge in [0.25, 0.3) is 5.69 Å². The zero-order valence-electron chi connectivity index (χ0n) is 19.4. The molecule has 10 nitrogen and oxygen atoms in total. The average Bonchev–Trinajstić information content (AvgIpc) is 2.63. The van der Waals surface area contributed by atoms with E-state index in [0.29, 0.717) is 0 Å². The zero-order chi connectivity index (χ0) is 24.7. The molecule has 0 saturated heterocycles. The van der Waals surface area contributed by atoms with Crippen LogP contribution in [0.1, 0.15) is 53.5 Å². The number of nitrogens with zero attached hydrogens (tertiary/aromatic N) is 1. The van der Waals surface area contributed by atoms with Gasteiger partial charge in [0, 0.05) is 18.6 Å². The second-order valence-electron chi connectivity index (χ2n) is 8.90. The maximum Gasteiger partial charge on any atom is 0.408 e. The molecule has 0 saturated carbocycles. The van der Waals surface area contributed by atoms with Crippen molar-refractivity contribution in [2.24, 2.45) is 0 Å². The van der Waals surface area contributed by atoms with Gasteiger partial charge in [-0.1, -0.05) is 12.1 Å². The van der Waals surface area contributed by atoms with Gasteiger partial charge in [-0.2, -0.15) is 0 Å². The van der Waals surface area contributed by atoms with Gasteiger partial charge in [-0.25, -0.2) is 14.4 Å². The number of nitro groups is 1. The molecule has 1 rings (SSSR count). The molecule has 1 atom stereocenters. The Bertz CT molecular complexity index is 894. The van der Waals surface area contributed by atoms with Crippen LogP contribution in [0.2, 0.25) is 0 Å². The van der Waals surface area contributed by atoms with Crippen LogP contribution in [0.15, 0.2) is 30.3 Å². The fourth-order valence-electron chi connectivity index (χ4n) is 2.63. The first kappa shape index (κ1) is 26.6. The van der Waals surface area contributed by atoms with E-state index in [-0.39, 0.29) is 23.2 Å². The lowest BCUT2D eigenvalue weighted by atomic mass is 9.96. The second kappa shape index (κ2) is 10.7. The lowest BCUT2D eigenvalue weighted by molar-refractivity contribution is -0.385. The van der Waals surface area contributed by atoms with Crippen LogP contribution >= 0.6 is 0 Å². The number of esters is 2. The summed E-state index contributed by atoms with van der Waals surface area (Å²) in [6.07, 6.45) is -0.0943. The minimum atomic E-state index is -1.27. The summed E-state index contributed by atoms with van der Waals surface area (Å²) in [5.74, 6) is -1.57. The first-order valence-corrected chi connectivity index (χ1v) is 9.87. The van der Waals surface area contributed by atoms with Crippen molar-refractivity contribution in [3.63, 3.8) is 0 Å². The Morgan fingerprint density at radius 2 is 1.62 bits per heavy atom. The van der Waals surface area contributed by atoms with Gasteiger partial charge < -0.3 is 19.5 Å². The maximum atomic E-state index is 12.5. The number of nitro benzene ring substituents is 1. The quantitative estimate of drug-likeness (QED) is 0.218. The van der Waals surface area contributed by atoms with Crippen LogP contribution in [0.4, 0.5) is 10.5 Å². The molecule has 0 heterocycles. The molecule has 1 aromatic carbocycles. The number of hydrogen-bond donors (Lipinski definition) is 1. The van der Waals surface area contributed by atoms with E-state index in [9.17, 15) is 24.5 Å². The van der Waals surface area contributed by atoms with Crippen molar-refractivity contribution in [3.8, 4) is 0 Å². The first-order valence-electron chi connectivity index (χ1n) is 9.87. The molecule has 0 radical (unpaired) electrons. The highest BCUT2D eigenvalue weighted by molar-refractivity contribution is 5.94. The number of rotatable bonds is 7. The molecule has 0 aliphatic heterocycles. The Morgan fingerprint density at radius 1 is 1.06 bits per heavy atom. The number of amides is 1. The van der Waals surface area contributed by atoms with E-state index >= 15 is 0 Å². The van der Waals surface area contributed by atoms with Crippen molar-refractivity contribution in [1.82, 2.24) is 5.32 Å². The highest BCUT2D eigenvalue weighted by Crippen LogP contribution is 2.30. The van der Waals surface area contributed by atoms with Gasteiger partial charge in [0.15, 0.2) is 0 Å². The first-order chi connectivity index (χ1) is 14.6. The van der Waals surface area contributed by atoms with Crippen LogP contribution < -0.4 is 5.32 Å². The fourth-order valence-corrected chi connectivity index (χ4v) is 2.63. The molecule has 10 heteroatoms. The van der Waals surface area contributed by atoms with Gasteiger partial charge in [-0.05, 0) is 53.2 Å². The van der Waals surface area contributed by atoms with E-state index in [2.05, 4.69) is 5.32 Å². The summed E-state index contributed by atoms with van der Waals surface area (Å²) in [4.78, 5) is 48.0. The van der Waals surface area contributed by atoms with Crippen LogP contribution in [0.25, 0.3) is 5.57 Å². The number of alkyl carbamates (subject to hydrolysis) is 1. The van der Waals surface area contributed by atoms with Crippen molar-refractivity contribution in [3.05, 3.63) is 46.0 Å². The zero-order valence-corrected chi connectivity index (χ0v) is 19.4. The third-order valence-corrected chi connectivity index (χ3v) is 3.75. The van der Waals surface area contributed by atoms with Crippen LogP contribution in [0.3, 0.4) is 0 Å². The van der Waals surface area contributed by atoms with Gasteiger partial charge in [0.05, 0.1) is 17.6 Å². The molecule has 0 unspecified atom stereocenters. The smallest absolute Gasteiger partial charge is 0.408 e. The SMILES string of the molecule is COC(=O)[C@H](C/C(=C\C(=O)OC(C)(C)C)c1ccccc1[N+](=O)[O-])NC(=O)OC(C)(C)C. The molecule has 0 aromatic heterocycles. The second-order valence-corrected chi connectivity index (χ2v) is 8.90. The third kappa shape index (κ3) is 9.15. The standard InChI is InChI=1S/C22H30N2O8/c1-21(2,3)31-18(25)13-14(15-10-8-9-11-17(15)24(28)29)12-16(19(26)30-7)23-20(27)32-22(4,5)6/h8-11,13,16H,12H2,1-7H3,(H,23,27)/b14-13+/t16-/m0/s1. The molecule has 0 aliphatic rings. The molecule has 1 amide bonds. The van der Waals surface area contributed by atoms with Crippen molar-refractivity contribution in [1.29, 1.82) is 0 Å². The maximum absolute atomic E-state index is 12.5. The molecular formula is C22H30N2O8. The number of para-hydroxylation sites is 1. The summed E-state index contributed by atoms with van der Waals surface area (Å²) in [5.41, 5.74) is -1.69. The minimum absolute atomic E-state index is 0.100. The molecule has 0 fully saturated rings. The van der Waals surface area contributed by atoms with Gasteiger partial charge in [0.1, 0.15) is 17.2 Å². The van der Waals surface area contributed by atoms with Gasteiger partial charge in [-0.3, -0.25) is 10.1 Å². The summed E-state index contributed by atoms with van der Waals surface area (Å²) in [6, 6.07) is 4.47. The molecule has 0 aliphatic carbocycles. The molecule has 1 N–H and O–H groups in total. The summed E-state index contributed by atoms with van der Waals surface area (Å²) in [7, 11) is 1.13. The van der Waals surface area contributed by atoms with Crippen LogP contribution in [0, 0.1) is 10.1 Å². The average molecular weight is 450 g/mol. The predicted molar refractivity (Wildman–Crippen MR) is 117 cm³/mol. The van der Waals surface area contributed by atoms with Gasteiger partial charge in [0.2, 0.25) is 0 Å². The summed E-state index contributed by atoms with van der Waals surface area (Å²) in [6.45, 7) is 9.97. The lowest BCUT2D eigenvalue weighted by Gasteiger charge is -2.23. The van der Waals surface area contributed by atoms with Crippen molar-refractivity contribution >= 4 is 29.3 Å². The Labute approximate surface area is 187 Å². The highest BCUT2D eigenvalue weighted by atomic mass is 16.6. The molecular weight excluding hydrogens is 420 g/mol. The van der Waals surface area contributed by atoms with E-state index in [0.717, 1.165) is 13.2 Å². The third-order valence-electron chi connectivity index (χ3n) is 3.75. The number of methoxy groups -OCH3 is 1. The van der Waals surface area contributed by atoms with E-state index in [1.807, 2.05) is 0 Å². The van der Waals surface area contributed by atoms with E-state index < -0.39 is 40.2 Å². The topological polar surface area (TPSA) is 134 Å². The van der Waals surface area contributed by atoms with Crippen LogP contribution in [-0.4, -0.2) is 47.3 Å². The number of nitrogens with one attached hydrogen (secondary N) is 1. The van der Waals surface area contributed by atoms with Crippen LogP contribution in [-0.2, 0) is 23.8 Å². The highest BCUT2D eigenvalue weighted by Gasteiger charge is 2.29. The van der Waals surface area contributed by atoms with Crippen molar-refractivity contribution in [2.75, 3.05) is 7.11 Å². The molecule has 1 aromatic rings. The molecule has 32 heavy (non-hydrogen) atoms. The monoisotopic (exact) mass is 450 g/mol. The van der Waals surface area contributed by atoms with Crippen molar-refractivity contribution in [2.45, 2.75) is 65.2 Å². The summed E-state index contributed by atoms with van der Waals surface area (Å²) in [5, 5.41) is 13.9. The largest absolute Gasteiger partial charge is 0.467 e. The number of hydrogen-bond acceptors (Lipinski definition) is 8. The number of benzene rings is 1. The lowest BCUT2D eigenvalue weighted by Crippen LogP contribution is -2.44. The molecule has 0 bridgehead atoms. The Hall–Kier alpha value is -3.43. The number of carbonyl (C=O) groups excluding carboxylic acids is 3. The van der Waals surface area contributed by atoms with E-state index in [4.69, 9.17) is 14.2 Å². The fraction of sp³-hybridized carbons (Fsp3) is 0.500. The normalized spacial score (nSPS) is 13.0. The predicted octanol–water partition coefficient (Wildman–Crippen LogP) is 3.78. The van der Waals surface area contributed by atoms with Crippen molar-refractivity contribution < 1.29 is 33.5 Å². The Morgan fingerprint density at radius 3 is 2.12 bits per heavy atom. The van der Waals surface area contributed by atoms with Crippen LogP contribution in [0.5, 0.6) is 0 Å². The molecule has 0 spiro atoms. The van der Waals surface area contributed by atoms with E-state index in [1.165, 1.54) is 18.2 Å². The Kier molecular flexibility index (Phi) is 8.93. The molecule has 176 valence electrons. The number of carbonyl (C=O) groups is 3. The summed E-state index contributed by atoms with van der Waals surface area (Å²) < 4.78 is 15.2. The Balaban J connectivity index is 3.41.